The van der Waals surface area contributed by atoms with E-state index in [4.69, 9.17) is 39.2 Å². The summed E-state index contributed by atoms with van der Waals surface area (Å²) in [6.45, 7) is 1.85. The van der Waals surface area contributed by atoms with E-state index < -0.39 is 0 Å². The normalized spacial score (nSPS) is 13.8. The highest BCUT2D eigenvalue weighted by atomic mass is 35.5. The molecule has 144 valence electrons. The Kier molecular flexibility index (Phi) is 5.54. The van der Waals surface area contributed by atoms with Crippen molar-refractivity contribution < 1.29 is 9.21 Å². The van der Waals surface area contributed by atoms with Crippen molar-refractivity contribution in [2.75, 3.05) is 23.3 Å². The Hall–Kier alpha value is -2.14. The van der Waals surface area contributed by atoms with Crippen LogP contribution in [0.4, 0.5) is 11.4 Å². The molecule has 1 N–H and O–H groups in total. The molecule has 1 saturated heterocycles. The van der Waals surface area contributed by atoms with Crippen molar-refractivity contribution >= 4 is 52.1 Å². The third kappa shape index (κ3) is 3.86. The number of nitrogens with one attached hydrogen (secondary N) is 1. The summed E-state index contributed by atoms with van der Waals surface area (Å²) >= 11 is 18.6. The lowest BCUT2D eigenvalue weighted by molar-refractivity contribution is 0.0997. The Morgan fingerprint density at radius 1 is 0.964 bits per heavy atom. The number of hydrogen-bond acceptors (Lipinski definition) is 3. The molecule has 0 aliphatic carbocycles. The Balaban J connectivity index is 1.59. The number of nitrogens with zero attached hydrogens (tertiary/aromatic N) is 1. The number of halogens is 3. The summed E-state index contributed by atoms with van der Waals surface area (Å²) in [5, 5.41) is 4.53. The molecular formula is C21H17Cl3N2O2. The number of carbonyl (C=O) groups is 1. The van der Waals surface area contributed by atoms with E-state index in [-0.39, 0.29) is 11.7 Å². The lowest BCUT2D eigenvalue weighted by Gasteiger charge is -2.22. The highest BCUT2D eigenvalue weighted by molar-refractivity contribution is 6.36. The van der Waals surface area contributed by atoms with Crippen LogP contribution >= 0.6 is 34.8 Å². The zero-order chi connectivity index (χ0) is 19.7. The van der Waals surface area contributed by atoms with Crippen LogP contribution < -0.4 is 10.2 Å². The summed E-state index contributed by atoms with van der Waals surface area (Å²) in [4.78, 5) is 14.9. The van der Waals surface area contributed by atoms with E-state index in [9.17, 15) is 4.79 Å². The van der Waals surface area contributed by atoms with Crippen LogP contribution in [0, 0.1) is 0 Å². The molecule has 2 aromatic carbocycles. The van der Waals surface area contributed by atoms with Gasteiger partial charge in [-0.05, 0) is 55.3 Å². The second-order valence-corrected chi connectivity index (χ2v) is 7.82. The van der Waals surface area contributed by atoms with Gasteiger partial charge < -0.3 is 14.6 Å². The van der Waals surface area contributed by atoms with E-state index in [1.54, 1.807) is 30.3 Å². The Morgan fingerprint density at radius 3 is 2.50 bits per heavy atom. The quantitative estimate of drug-likeness (QED) is 0.492. The SMILES string of the molecule is O=C(Nc1cccc(Cl)c1N1CCCC1)c1ccc(-c2ccc(Cl)cc2Cl)o1. The van der Waals surface area contributed by atoms with Crippen molar-refractivity contribution in [3.8, 4) is 11.3 Å². The minimum Gasteiger partial charge on any atom is -0.451 e. The topological polar surface area (TPSA) is 45.5 Å². The largest absolute Gasteiger partial charge is 0.451 e. The zero-order valence-corrected chi connectivity index (χ0v) is 17.1. The maximum atomic E-state index is 12.8. The van der Waals surface area contributed by atoms with Crippen molar-refractivity contribution in [1.82, 2.24) is 0 Å². The molecule has 0 bridgehead atoms. The maximum Gasteiger partial charge on any atom is 0.291 e. The highest BCUT2D eigenvalue weighted by Crippen LogP contribution is 2.36. The van der Waals surface area contributed by atoms with Gasteiger partial charge in [0.25, 0.3) is 5.91 Å². The average molecular weight is 436 g/mol. The Labute approximate surface area is 178 Å². The molecule has 0 spiro atoms. The van der Waals surface area contributed by atoms with Crippen LogP contribution in [0.3, 0.4) is 0 Å². The number of hydrogen-bond donors (Lipinski definition) is 1. The Morgan fingerprint density at radius 2 is 1.75 bits per heavy atom. The van der Waals surface area contributed by atoms with Crippen molar-refractivity contribution in [2.45, 2.75) is 12.8 Å². The average Bonchev–Trinajstić information content (AvgIpc) is 3.34. The van der Waals surface area contributed by atoms with Crippen LogP contribution in [0.15, 0.2) is 52.9 Å². The molecule has 7 heteroatoms. The van der Waals surface area contributed by atoms with E-state index in [0.29, 0.717) is 32.1 Å². The predicted octanol–water partition coefficient (Wildman–Crippen LogP) is 6.76. The third-order valence-electron chi connectivity index (χ3n) is 4.68. The van der Waals surface area contributed by atoms with Gasteiger partial charge in [-0.15, -0.1) is 0 Å². The maximum absolute atomic E-state index is 12.8. The van der Waals surface area contributed by atoms with Crippen LogP contribution in [-0.4, -0.2) is 19.0 Å². The first-order chi connectivity index (χ1) is 13.5. The number of furan rings is 1. The van der Waals surface area contributed by atoms with E-state index in [1.807, 2.05) is 18.2 Å². The van der Waals surface area contributed by atoms with Crippen molar-refractivity contribution in [3.63, 3.8) is 0 Å². The number of rotatable bonds is 4. The summed E-state index contributed by atoms with van der Waals surface area (Å²) in [7, 11) is 0. The molecule has 0 radical (unpaired) electrons. The van der Waals surface area contributed by atoms with E-state index in [0.717, 1.165) is 31.6 Å². The zero-order valence-electron chi connectivity index (χ0n) is 14.8. The van der Waals surface area contributed by atoms with Gasteiger partial charge in [-0.2, -0.15) is 0 Å². The van der Waals surface area contributed by atoms with E-state index >= 15 is 0 Å². The van der Waals surface area contributed by atoms with Gasteiger partial charge in [0.1, 0.15) is 5.76 Å². The fraction of sp³-hybridized carbons (Fsp3) is 0.190. The molecule has 0 unspecified atom stereocenters. The minimum atomic E-state index is -0.348. The predicted molar refractivity (Wildman–Crippen MR) is 115 cm³/mol. The van der Waals surface area contributed by atoms with Gasteiger partial charge in [-0.25, -0.2) is 0 Å². The first-order valence-corrected chi connectivity index (χ1v) is 10.1. The summed E-state index contributed by atoms with van der Waals surface area (Å²) < 4.78 is 5.73. The van der Waals surface area contributed by atoms with Gasteiger partial charge >= 0.3 is 0 Å². The summed E-state index contributed by atoms with van der Waals surface area (Å²) in [5.41, 5.74) is 2.19. The van der Waals surface area contributed by atoms with Gasteiger partial charge in [0.05, 0.1) is 21.4 Å². The number of carbonyl (C=O) groups excluding carboxylic acids is 1. The second-order valence-electron chi connectivity index (χ2n) is 6.57. The molecule has 0 atom stereocenters. The third-order valence-corrected chi connectivity index (χ3v) is 5.54. The van der Waals surface area contributed by atoms with Crippen LogP contribution in [0.5, 0.6) is 0 Å². The van der Waals surface area contributed by atoms with E-state index in [2.05, 4.69) is 10.2 Å². The van der Waals surface area contributed by atoms with Gasteiger partial charge in [-0.3, -0.25) is 4.79 Å². The molecule has 3 aromatic rings. The molecule has 28 heavy (non-hydrogen) atoms. The van der Waals surface area contributed by atoms with Crippen molar-refractivity contribution in [2.24, 2.45) is 0 Å². The highest BCUT2D eigenvalue weighted by Gasteiger charge is 2.21. The standard InChI is InChI=1S/C21H17Cl3N2O2/c22-13-6-7-14(16(24)12-13)18-8-9-19(28-18)21(27)25-17-5-3-4-15(23)20(17)26-10-1-2-11-26/h3-9,12H,1-2,10-11H2,(H,25,27). The molecule has 2 heterocycles. The number of anilines is 2. The molecule has 4 rings (SSSR count). The lowest BCUT2D eigenvalue weighted by atomic mass is 10.2. The number of amides is 1. The molecule has 4 nitrogen and oxygen atoms in total. The monoisotopic (exact) mass is 434 g/mol. The fourth-order valence-corrected chi connectivity index (χ4v) is 4.15. The van der Waals surface area contributed by atoms with E-state index in [1.165, 1.54) is 0 Å². The first kappa shape index (κ1) is 19.2. The number of benzene rings is 2. The fourth-order valence-electron chi connectivity index (χ4n) is 3.36. The van der Waals surface area contributed by atoms with Gasteiger partial charge in [0, 0.05) is 23.7 Å². The van der Waals surface area contributed by atoms with Crippen LogP contribution in [-0.2, 0) is 0 Å². The summed E-state index contributed by atoms with van der Waals surface area (Å²) in [6, 6.07) is 13.9. The minimum absolute atomic E-state index is 0.188. The summed E-state index contributed by atoms with van der Waals surface area (Å²) in [6.07, 6.45) is 2.23. The molecule has 1 aromatic heterocycles. The molecule has 1 aliphatic heterocycles. The van der Waals surface area contributed by atoms with Crippen LogP contribution in [0.2, 0.25) is 15.1 Å². The smallest absolute Gasteiger partial charge is 0.291 e. The van der Waals surface area contributed by atoms with Crippen molar-refractivity contribution in [3.05, 3.63) is 69.4 Å². The lowest BCUT2D eigenvalue weighted by Crippen LogP contribution is -2.21. The second kappa shape index (κ2) is 8.08. The molecule has 1 aliphatic rings. The van der Waals surface area contributed by atoms with Gasteiger partial charge in [0.2, 0.25) is 0 Å². The first-order valence-electron chi connectivity index (χ1n) is 8.93. The van der Waals surface area contributed by atoms with Crippen LogP contribution in [0.25, 0.3) is 11.3 Å². The van der Waals surface area contributed by atoms with Crippen LogP contribution in [0.1, 0.15) is 23.4 Å². The summed E-state index contributed by atoms with van der Waals surface area (Å²) in [5.74, 6) is 0.338. The van der Waals surface area contributed by atoms with Gasteiger partial charge in [-0.1, -0.05) is 40.9 Å². The molecule has 0 saturated carbocycles. The molecule has 1 amide bonds. The van der Waals surface area contributed by atoms with Gasteiger partial charge in [0.15, 0.2) is 5.76 Å². The Bertz CT molecular complexity index is 1030. The van der Waals surface area contributed by atoms with Crippen molar-refractivity contribution in [1.29, 1.82) is 0 Å². The molecular weight excluding hydrogens is 419 g/mol. The molecule has 1 fully saturated rings. The number of para-hydroxylation sites is 1.